The second-order valence-corrected chi connectivity index (χ2v) is 9.23. The lowest BCUT2D eigenvalue weighted by atomic mass is 9.83. The number of phenols is 2. The summed E-state index contributed by atoms with van der Waals surface area (Å²) in [6.07, 6.45) is 0. The Labute approximate surface area is 186 Å². The predicted molar refractivity (Wildman–Crippen MR) is 114 cm³/mol. The lowest BCUT2D eigenvalue weighted by Crippen LogP contribution is -2.39. The highest BCUT2D eigenvalue weighted by Crippen LogP contribution is 2.53. The van der Waals surface area contributed by atoms with Gasteiger partial charge in [-0.15, -0.1) is 0 Å². The van der Waals surface area contributed by atoms with E-state index >= 15 is 0 Å². The van der Waals surface area contributed by atoms with Crippen LogP contribution in [-0.4, -0.2) is 23.2 Å². The molecule has 0 amide bonds. The molecular formula is C19H12Cl4O5S. The Kier molecular flexibility index (Phi) is 5.98. The molecule has 3 aromatic rings. The van der Waals surface area contributed by atoms with Crippen molar-refractivity contribution >= 4 is 56.5 Å². The number of aromatic hydroxyl groups is 2. The Morgan fingerprint density at radius 1 is 0.793 bits per heavy atom. The monoisotopic (exact) mass is 492 g/mol. The van der Waals surface area contributed by atoms with E-state index in [1.54, 1.807) is 18.2 Å². The Hall–Kier alpha value is -1.67. The van der Waals surface area contributed by atoms with Crippen LogP contribution in [0, 0.1) is 0 Å². The molecule has 0 aliphatic rings. The lowest BCUT2D eigenvalue weighted by Gasteiger charge is -2.34. The van der Waals surface area contributed by atoms with Gasteiger partial charge in [-0.3, -0.25) is 4.55 Å². The summed E-state index contributed by atoms with van der Waals surface area (Å²) >= 11 is 24.7. The van der Waals surface area contributed by atoms with Crippen molar-refractivity contribution in [3.05, 3.63) is 91.4 Å². The molecule has 0 fully saturated rings. The van der Waals surface area contributed by atoms with Crippen LogP contribution >= 0.6 is 46.4 Å². The molecule has 152 valence electrons. The largest absolute Gasteiger partial charge is 0.504 e. The minimum atomic E-state index is -5.07. The fraction of sp³-hybridized carbons (Fsp3) is 0.0526. The summed E-state index contributed by atoms with van der Waals surface area (Å²) in [6, 6.07) is 12.6. The van der Waals surface area contributed by atoms with Gasteiger partial charge in [-0.05, 0) is 29.8 Å². The van der Waals surface area contributed by atoms with Crippen molar-refractivity contribution in [2.45, 2.75) is 4.75 Å². The average Bonchev–Trinajstić information content (AvgIpc) is 2.67. The molecule has 29 heavy (non-hydrogen) atoms. The molecule has 0 heterocycles. The van der Waals surface area contributed by atoms with Gasteiger partial charge in [0.2, 0.25) is 0 Å². The van der Waals surface area contributed by atoms with Crippen LogP contribution in [-0.2, 0) is 14.9 Å². The van der Waals surface area contributed by atoms with Gasteiger partial charge >= 0.3 is 0 Å². The van der Waals surface area contributed by atoms with Gasteiger partial charge < -0.3 is 10.2 Å². The van der Waals surface area contributed by atoms with Crippen LogP contribution in [0.4, 0.5) is 0 Å². The maximum Gasteiger partial charge on any atom is 0.283 e. The third kappa shape index (κ3) is 3.54. The normalized spacial score (nSPS) is 13.8. The molecule has 1 unspecified atom stereocenters. The van der Waals surface area contributed by atoms with Crippen molar-refractivity contribution in [1.29, 1.82) is 0 Å². The van der Waals surface area contributed by atoms with Gasteiger partial charge in [0.25, 0.3) is 10.1 Å². The molecule has 0 saturated heterocycles. The van der Waals surface area contributed by atoms with Gasteiger partial charge in [-0.25, -0.2) is 0 Å². The van der Waals surface area contributed by atoms with Crippen molar-refractivity contribution in [3.8, 4) is 11.5 Å². The number of phenolic OH excluding ortho intramolecular Hbond substituents is 2. The quantitative estimate of drug-likeness (QED) is 0.239. The molecule has 0 bridgehead atoms. The van der Waals surface area contributed by atoms with Crippen LogP contribution in [0.25, 0.3) is 0 Å². The van der Waals surface area contributed by atoms with Gasteiger partial charge in [-0.1, -0.05) is 76.7 Å². The number of hydrogen-bond donors (Lipinski definition) is 3. The summed E-state index contributed by atoms with van der Waals surface area (Å²) in [5.74, 6) is -1.48. The lowest BCUT2D eigenvalue weighted by molar-refractivity contribution is 0.402. The van der Waals surface area contributed by atoms with E-state index in [0.717, 1.165) is 6.07 Å². The fourth-order valence-electron chi connectivity index (χ4n) is 3.18. The summed E-state index contributed by atoms with van der Waals surface area (Å²) in [5.41, 5.74) is -0.393. The molecule has 0 saturated carbocycles. The summed E-state index contributed by atoms with van der Waals surface area (Å²) in [4.78, 5) is 0. The van der Waals surface area contributed by atoms with E-state index in [-0.39, 0.29) is 26.7 Å². The minimum Gasteiger partial charge on any atom is -0.504 e. The van der Waals surface area contributed by atoms with E-state index in [4.69, 9.17) is 46.4 Å². The van der Waals surface area contributed by atoms with E-state index in [0.29, 0.717) is 0 Å². The van der Waals surface area contributed by atoms with Crippen LogP contribution < -0.4 is 0 Å². The average molecular weight is 494 g/mol. The van der Waals surface area contributed by atoms with Gasteiger partial charge in [0.15, 0.2) is 16.2 Å². The van der Waals surface area contributed by atoms with Crippen molar-refractivity contribution in [3.63, 3.8) is 0 Å². The van der Waals surface area contributed by atoms with Gasteiger partial charge in [0.05, 0.1) is 5.02 Å². The second kappa shape index (κ2) is 7.87. The maximum atomic E-state index is 13.0. The molecule has 0 aliphatic carbocycles. The van der Waals surface area contributed by atoms with Crippen LogP contribution in [0.5, 0.6) is 11.5 Å². The third-order valence-corrected chi connectivity index (χ3v) is 7.29. The highest BCUT2D eigenvalue weighted by atomic mass is 35.5. The Balaban J connectivity index is 2.65. The SMILES string of the molecule is O=S(=O)(O)C(c1ccccc1)(c1cc(Cl)ccc1Cl)c1cc(O)c(O)c(Cl)c1Cl. The molecule has 0 aromatic heterocycles. The van der Waals surface area contributed by atoms with Crippen LogP contribution in [0.15, 0.2) is 54.6 Å². The van der Waals surface area contributed by atoms with E-state index < -0.39 is 36.4 Å². The fourth-order valence-corrected chi connectivity index (χ4v) is 5.53. The molecule has 5 nitrogen and oxygen atoms in total. The van der Waals surface area contributed by atoms with Crippen LogP contribution in [0.1, 0.15) is 16.7 Å². The summed E-state index contributed by atoms with van der Waals surface area (Å²) < 4.78 is 34.1. The number of benzene rings is 3. The first-order chi connectivity index (χ1) is 13.5. The van der Waals surface area contributed by atoms with Crippen molar-refractivity contribution in [2.24, 2.45) is 0 Å². The van der Waals surface area contributed by atoms with E-state index in [1.807, 2.05) is 0 Å². The standard InChI is InChI=1S/C19H12Cl4O5S/c20-11-6-7-14(21)12(8-11)19(29(26,27)28,10-4-2-1-3-5-10)13-9-15(24)18(25)17(23)16(13)22/h1-9,24-25H,(H,26,27,28). The first-order valence-electron chi connectivity index (χ1n) is 7.90. The highest BCUT2D eigenvalue weighted by molar-refractivity contribution is 7.87. The number of halogens is 4. The van der Waals surface area contributed by atoms with Crippen molar-refractivity contribution in [1.82, 2.24) is 0 Å². The molecule has 3 N–H and O–H groups in total. The molecular weight excluding hydrogens is 482 g/mol. The van der Waals surface area contributed by atoms with E-state index in [2.05, 4.69) is 0 Å². The first-order valence-corrected chi connectivity index (χ1v) is 10.9. The Morgan fingerprint density at radius 2 is 1.41 bits per heavy atom. The first kappa shape index (κ1) is 22.0. The van der Waals surface area contributed by atoms with Gasteiger partial charge in [0, 0.05) is 21.2 Å². The van der Waals surface area contributed by atoms with Gasteiger partial charge in [0.1, 0.15) is 5.02 Å². The number of hydrogen-bond acceptors (Lipinski definition) is 4. The highest BCUT2D eigenvalue weighted by Gasteiger charge is 2.51. The molecule has 0 spiro atoms. The maximum absolute atomic E-state index is 13.0. The molecule has 0 radical (unpaired) electrons. The van der Waals surface area contributed by atoms with Crippen molar-refractivity contribution < 1.29 is 23.2 Å². The van der Waals surface area contributed by atoms with Gasteiger partial charge in [-0.2, -0.15) is 8.42 Å². The molecule has 10 heteroatoms. The zero-order valence-electron chi connectivity index (χ0n) is 14.3. The third-order valence-electron chi connectivity index (χ3n) is 4.41. The van der Waals surface area contributed by atoms with Crippen molar-refractivity contribution in [2.75, 3.05) is 0 Å². The smallest absolute Gasteiger partial charge is 0.283 e. The van der Waals surface area contributed by atoms with Crippen LogP contribution in [0.2, 0.25) is 20.1 Å². The number of rotatable bonds is 4. The Morgan fingerprint density at radius 3 is 2.00 bits per heavy atom. The molecule has 0 aliphatic heterocycles. The molecule has 3 aromatic carbocycles. The topological polar surface area (TPSA) is 94.8 Å². The summed E-state index contributed by atoms with van der Waals surface area (Å²) in [6.45, 7) is 0. The minimum absolute atomic E-state index is 0.0457. The summed E-state index contributed by atoms with van der Waals surface area (Å²) in [7, 11) is -5.07. The zero-order valence-corrected chi connectivity index (χ0v) is 18.1. The second-order valence-electron chi connectivity index (χ2n) is 6.07. The van der Waals surface area contributed by atoms with Crippen LogP contribution in [0.3, 0.4) is 0 Å². The molecule has 1 atom stereocenters. The van der Waals surface area contributed by atoms with E-state index in [1.165, 1.54) is 30.3 Å². The predicted octanol–water partition coefficient (Wildman–Crippen LogP) is 5.89. The zero-order chi connectivity index (χ0) is 21.6. The summed E-state index contributed by atoms with van der Waals surface area (Å²) in [5, 5.41) is 19.2. The Bertz CT molecular complexity index is 1200. The van der Waals surface area contributed by atoms with E-state index in [9.17, 15) is 23.2 Å². The molecule has 3 rings (SSSR count).